The van der Waals surface area contributed by atoms with E-state index in [0.29, 0.717) is 6.54 Å². The van der Waals surface area contributed by atoms with Crippen molar-refractivity contribution in [3.05, 3.63) is 30.3 Å². The Kier molecular flexibility index (Phi) is 4.60. The van der Waals surface area contributed by atoms with E-state index >= 15 is 0 Å². The van der Waals surface area contributed by atoms with Gasteiger partial charge in [-0.2, -0.15) is 0 Å². The molecule has 0 spiro atoms. The van der Waals surface area contributed by atoms with Gasteiger partial charge in [-0.3, -0.25) is 19.3 Å². The summed E-state index contributed by atoms with van der Waals surface area (Å²) in [6.45, 7) is 1.35. The lowest BCUT2D eigenvalue weighted by Gasteiger charge is -2.27. The normalized spacial score (nSPS) is 21.1. The molecule has 2 saturated heterocycles. The summed E-state index contributed by atoms with van der Waals surface area (Å²) in [6.07, 6.45) is 2.56. The summed E-state index contributed by atoms with van der Waals surface area (Å²) >= 11 is 0. The standard InChI is InChI=1S/C17H21N3O3/c21-15(12-20-16(22)8-9-17(20)23)18-11-14-7-4-10-19(14)13-5-2-1-3-6-13/h1-3,5-6,14H,4,7-12H2,(H,18,21). The first-order chi connectivity index (χ1) is 11.1. The first-order valence-electron chi connectivity index (χ1n) is 8.07. The number of para-hydroxylation sites is 1. The minimum Gasteiger partial charge on any atom is -0.367 e. The summed E-state index contributed by atoms with van der Waals surface area (Å²) in [6, 6.07) is 10.4. The average molecular weight is 315 g/mol. The van der Waals surface area contributed by atoms with Crippen molar-refractivity contribution in [3.63, 3.8) is 0 Å². The van der Waals surface area contributed by atoms with Crippen LogP contribution in [0.1, 0.15) is 25.7 Å². The minimum absolute atomic E-state index is 0.157. The Morgan fingerprint density at radius 1 is 1.13 bits per heavy atom. The van der Waals surface area contributed by atoms with Crippen molar-refractivity contribution >= 4 is 23.4 Å². The number of anilines is 1. The largest absolute Gasteiger partial charge is 0.367 e. The molecule has 23 heavy (non-hydrogen) atoms. The van der Waals surface area contributed by atoms with E-state index in [1.54, 1.807) is 0 Å². The molecule has 1 atom stereocenters. The van der Waals surface area contributed by atoms with Crippen LogP contribution >= 0.6 is 0 Å². The van der Waals surface area contributed by atoms with Crippen molar-refractivity contribution < 1.29 is 14.4 Å². The van der Waals surface area contributed by atoms with Gasteiger partial charge in [0, 0.05) is 37.7 Å². The number of nitrogens with one attached hydrogen (secondary N) is 1. The molecule has 3 amide bonds. The van der Waals surface area contributed by atoms with E-state index in [0.717, 1.165) is 30.0 Å². The molecule has 2 fully saturated rings. The number of likely N-dealkylation sites (tertiary alicyclic amines) is 1. The Bertz CT molecular complexity index is 586. The lowest BCUT2D eigenvalue weighted by molar-refractivity contribution is -0.142. The number of amides is 3. The second kappa shape index (κ2) is 6.81. The molecule has 0 radical (unpaired) electrons. The molecule has 2 aliphatic rings. The van der Waals surface area contributed by atoms with Gasteiger partial charge < -0.3 is 10.2 Å². The van der Waals surface area contributed by atoms with Gasteiger partial charge in [0.1, 0.15) is 6.54 Å². The van der Waals surface area contributed by atoms with Gasteiger partial charge in [0.25, 0.3) is 0 Å². The van der Waals surface area contributed by atoms with Gasteiger partial charge in [-0.15, -0.1) is 0 Å². The first-order valence-corrected chi connectivity index (χ1v) is 8.07. The Morgan fingerprint density at radius 2 is 1.83 bits per heavy atom. The van der Waals surface area contributed by atoms with Gasteiger partial charge in [0.2, 0.25) is 17.7 Å². The lowest BCUT2D eigenvalue weighted by atomic mass is 10.2. The van der Waals surface area contributed by atoms with E-state index in [-0.39, 0.29) is 43.1 Å². The number of hydrogen-bond donors (Lipinski definition) is 1. The van der Waals surface area contributed by atoms with Crippen LogP contribution < -0.4 is 10.2 Å². The maximum absolute atomic E-state index is 12.0. The second-order valence-corrected chi connectivity index (χ2v) is 6.00. The van der Waals surface area contributed by atoms with Crippen LogP contribution in [0.25, 0.3) is 0 Å². The molecule has 1 aromatic carbocycles. The molecule has 1 unspecified atom stereocenters. The minimum atomic E-state index is -0.270. The highest BCUT2D eigenvalue weighted by molar-refractivity contribution is 6.04. The summed E-state index contributed by atoms with van der Waals surface area (Å²) in [5.74, 6) is -0.776. The summed E-state index contributed by atoms with van der Waals surface area (Å²) in [4.78, 5) is 38.4. The van der Waals surface area contributed by atoms with Crippen molar-refractivity contribution in [3.8, 4) is 0 Å². The molecule has 0 bridgehead atoms. The Labute approximate surface area is 135 Å². The van der Waals surface area contributed by atoms with Gasteiger partial charge in [-0.25, -0.2) is 0 Å². The third-order valence-corrected chi connectivity index (χ3v) is 4.46. The zero-order valence-electron chi connectivity index (χ0n) is 13.0. The van der Waals surface area contributed by atoms with Crippen molar-refractivity contribution in [2.24, 2.45) is 0 Å². The van der Waals surface area contributed by atoms with Crippen LogP contribution in [0.3, 0.4) is 0 Å². The summed E-state index contributed by atoms with van der Waals surface area (Å²) in [5.41, 5.74) is 1.16. The highest BCUT2D eigenvalue weighted by Gasteiger charge is 2.31. The molecule has 3 rings (SSSR count). The smallest absolute Gasteiger partial charge is 0.240 e. The molecule has 2 heterocycles. The van der Waals surface area contributed by atoms with Crippen molar-refractivity contribution in [1.29, 1.82) is 0 Å². The molecule has 6 nitrogen and oxygen atoms in total. The van der Waals surface area contributed by atoms with Crippen LogP contribution in [0.4, 0.5) is 5.69 Å². The Balaban J connectivity index is 1.52. The summed E-state index contributed by atoms with van der Waals surface area (Å²) in [7, 11) is 0. The molecule has 1 aromatic rings. The Morgan fingerprint density at radius 3 is 2.52 bits per heavy atom. The molecule has 0 aliphatic carbocycles. The van der Waals surface area contributed by atoms with Crippen LogP contribution in [0.2, 0.25) is 0 Å². The third kappa shape index (κ3) is 3.52. The SMILES string of the molecule is O=C(CN1C(=O)CCC1=O)NCC1CCCN1c1ccccc1. The van der Waals surface area contributed by atoms with Crippen LogP contribution in [-0.4, -0.2) is 48.3 Å². The van der Waals surface area contributed by atoms with Crippen molar-refractivity contribution in [2.45, 2.75) is 31.7 Å². The van der Waals surface area contributed by atoms with Crippen LogP contribution in [0.5, 0.6) is 0 Å². The number of carbonyl (C=O) groups is 3. The van der Waals surface area contributed by atoms with E-state index in [2.05, 4.69) is 22.3 Å². The number of benzene rings is 1. The van der Waals surface area contributed by atoms with E-state index < -0.39 is 0 Å². The molecule has 2 aliphatic heterocycles. The quantitative estimate of drug-likeness (QED) is 0.820. The van der Waals surface area contributed by atoms with Crippen LogP contribution in [0, 0.1) is 0 Å². The first kappa shape index (κ1) is 15.5. The predicted molar refractivity (Wildman–Crippen MR) is 85.8 cm³/mol. The van der Waals surface area contributed by atoms with Crippen LogP contribution in [-0.2, 0) is 14.4 Å². The maximum atomic E-state index is 12.0. The number of rotatable bonds is 5. The zero-order valence-corrected chi connectivity index (χ0v) is 13.0. The molecule has 0 saturated carbocycles. The average Bonchev–Trinajstić information content (AvgIpc) is 3.15. The number of imide groups is 1. The van der Waals surface area contributed by atoms with Gasteiger partial charge in [0.15, 0.2) is 0 Å². The van der Waals surface area contributed by atoms with Crippen LogP contribution in [0.15, 0.2) is 30.3 Å². The fraction of sp³-hybridized carbons (Fsp3) is 0.471. The zero-order chi connectivity index (χ0) is 16.2. The van der Waals surface area contributed by atoms with E-state index in [9.17, 15) is 14.4 Å². The molecular weight excluding hydrogens is 294 g/mol. The van der Waals surface area contributed by atoms with Gasteiger partial charge in [0.05, 0.1) is 0 Å². The monoisotopic (exact) mass is 315 g/mol. The second-order valence-electron chi connectivity index (χ2n) is 6.00. The van der Waals surface area contributed by atoms with Crippen molar-refractivity contribution in [1.82, 2.24) is 10.2 Å². The van der Waals surface area contributed by atoms with E-state index in [1.807, 2.05) is 18.2 Å². The molecule has 6 heteroatoms. The van der Waals surface area contributed by atoms with Gasteiger partial charge in [-0.1, -0.05) is 18.2 Å². The van der Waals surface area contributed by atoms with Gasteiger partial charge in [-0.05, 0) is 25.0 Å². The topological polar surface area (TPSA) is 69.7 Å². The predicted octanol–water partition coefficient (Wildman–Crippen LogP) is 0.921. The molecular formula is C17H21N3O3. The fourth-order valence-electron chi connectivity index (χ4n) is 3.24. The fourth-order valence-corrected chi connectivity index (χ4v) is 3.24. The number of hydrogen-bond acceptors (Lipinski definition) is 4. The van der Waals surface area contributed by atoms with Gasteiger partial charge >= 0.3 is 0 Å². The highest BCUT2D eigenvalue weighted by Crippen LogP contribution is 2.24. The maximum Gasteiger partial charge on any atom is 0.240 e. The molecule has 0 aromatic heterocycles. The Hall–Kier alpha value is -2.37. The highest BCUT2D eigenvalue weighted by atomic mass is 16.2. The summed E-state index contributed by atoms with van der Waals surface area (Å²) < 4.78 is 0. The number of carbonyl (C=O) groups excluding carboxylic acids is 3. The third-order valence-electron chi connectivity index (χ3n) is 4.46. The van der Waals surface area contributed by atoms with Crippen molar-refractivity contribution in [2.75, 3.05) is 24.5 Å². The molecule has 122 valence electrons. The summed E-state index contributed by atoms with van der Waals surface area (Å²) in [5, 5.41) is 2.87. The number of nitrogens with zero attached hydrogens (tertiary/aromatic N) is 2. The van der Waals surface area contributed by atoms with E-state index in [1.165, 1.54) is 0 Å². The molecule has 1 N–H and O–H groups in total. The van der Waals surface area contributed by atoms with E-state index in [4.69, 9.17) is 0 Å². The lowest BCUT2D eigenvalue weighted by Crippen LogP contribution is -2.45.